The van der Waals surface area contributed by atoms with Crippen molar-refractivity contribution in [2.24, 2.45) is 5.92 Å². The van der Waals surface area contributed by atoms with Gasteiger partial charge in [-0.05, 0) is 57.5 Å². The number of benzene rings is 1. The Morgan fingerprint density at radius 2 is 1.70 bits per heavy atom. The molecule has 1 heterocycles. The fourth-order valence-electron chi connectivity index (χ4n) is 3.93. The first kappa shape index (κ1) is 28.0. The van der Waals surface area contributed by atoms with Gasteiger partial charge in [0.2, 0.25) is 0 Å². The van der Waals surface area contributed by atoms with E-state index in [4.69, 9.17) is 20.5 Å². The third-order valence-electron chi connectivity index (χ3n) is 7.08. The van der Waals surface area contributed by atoms with E-state index in [0.29, 0.717) is 6.42 Å². The van der Waals surface area contributed by atoms with Crippen LogP contribution in [-0.4, -0.2) is 46.7 Å². The summed E-state index contributed by atoms with van der Waals surface area (Å²) in [6, 6.07) is 6.74. The van der Waals surface area contributed by atoms with Gasteiger partial charge in [0.1, 0.15) is 5.92 Å². The molecule has 8 heteroatoms. The molecule has 1 aromatic rings. The summed E-state index contributed by atoms with van der Waals surface area (Å²) in [5, 5.41) is -0.0818. The molecule has 1 aliphatic heterocycles. The van der Waals surface area contributed by atoms with Gasteiger partial charge in [-0.2, -0.15) is 0 Å². The highest BCUT2D eigenvalue weighted by molar-refractivity contribution is 7.93. The molecule has 0 aromatic heterocycles. The quantitative estimate of drug-likeness (QED) is 0.344. The summed E-state index contributed by atoms with van der Waals surface area (Å²) in [5.41, 5.74) is 0.963. The Balaban J connectivity index is 2.69. The third-order valence-corrected chi connectivity index (χ3v) is 14.0. The average Bonchev–Trinajstić information content (AvgIpc) is 2.84. The normalized spacial score (nSPS) is 23.9. The highest BCUT2D eigenvalue weighted by Gasteiger charge is 2.62. The standard InChI is InChI=1S/C25H41NO5SSi/c1-11-16-25(26-8,32(27,28)20-14-12-19(2)13-15-20)21-17-29-24(6,7)30-18-22(21)31-33(9,10)23(3,4)5/h12-15,21-22H,11,16-18H2,1-7,9-10H3. The van der Waals surface area contributed by atoms with Gasteiger partial charge in [0.05, 0.1) is 24.2 Å². The van der Waals surface area contributed by atoms with E-state index in [2.05, 4.69) is 38.7 Å². The van der Waals surface area contributed by atoms with E-state index in [1.807, 2.05) is 27.7 Å². The molecule has 1 fully saturated rings. The van der Waals surface area contributed by atoms with Crippen molar-refractivity contribution >= 4 is 18.2 Å². The first-order chi connectivity index (χ1) is 15.0. The Hall–Kier alpha value is -1.24. The molecule has 3 atom stereocenters. The Morgan fingerprint density at radius 1 is 1.15 bits per heavy atom. The predicted molar refractivity (Wildman–Crippen MR) is 134 cm³/mol. The maximum absolute atomic E-state index is 14.1. The van der Waals surface area contributed by atoms with Gasteiger partial charge in [0.15, 0.2) is 14.1 Å². The number of hydrogen-bond donors (Lipinski definition) is 0. The van der Waals surface area contributed by atoms with Crippen LogP contribution in [0.2, 0.25) is 18.1 Å². The minimum atomic E-state index is -4.02. The Bertz CT molecular complexity index is 960. The molecule has 1 aliphatic rings. The summed E-state index contributed by atoms with van der Waals surface area (Å²) in [4.78, 5) is 2.34. The van der Waals surface area contributed by atoms with Crippen LogP contribution in [0.3, 0.4) is 0 Å². The van der Waals surface area contributed by atoms with Crippen molar-refractivity contribution in [2.45, 2.75) is 101 Å². The van der Waals surface area contributed by atoms with Crippen LogP contribution < -0.4 is 0 Å². The van der Waals surface area contributed by atoms with Crippen LogP contribution in [-0.2, 0) is 23.7 Å². The van der Waals surface area contributed by atoms with Gasteiger partial charge in [-0.15, -0.1) is 0 Å². The number of sulfone groups is 1. The van der Waals surface area contributed by atoms with Gasteiger partial charge in [0.25, 0.3) is 9.84 Å². The van der Waals surface area contributed by atoms with Gasteiger partial charge >= 0.3 is 4.87 Å². The zero-order valence-electron chi connectivity index (χ0n) is 21.7. The maximum Gasteiger partial charge on any atom is 0.341 e. The molecule has 0 saturated carbocycles. The highest BCUT2D eigenvalue weighted by Crippen LogP contribution is 2.45. The summed E-state index contributed by atoms with van der Waals surface area (Å²) < 4.78 is 47.0. The number of aryl methyl sites for hydroxylation is 1. The molecule has 0 aliphatic carbocycles. The lowest BCUT2D eigenvalue weighted by atomic mass is 9.91. The van der Waals surface area contributed by atoms with Gasteiger partial charge in [-0.1, -0.05) is 45.4 Å². The zero-order chi connectivity index (χ0) is 25.3. The first-order valence-electron chi connectivity index (χ1n) is 11.7. The van der Waals surface area contributed by atoms with Crippen LogP contribution in [0.1, 0.15) is 59.9 Å². The lowest BCUT2D eigenvalue weighted by molar-refractivity contribution is -0.204. The highest BCUT2D eigenvalue weighted by atomic mass is 32.2. The molecular weight excluding hydrogens is 454 g/mol. The van der Waals surface area contributed by atoms with E-state index in [1.54, 1.807) is 24.3 Å². The smallest absolute Gasteiger partial charge is 0.341 e. The summed E-state index contributed by atoms with van der Waals surface area (Å²) in [6.45, 7) is 26.6. The molecule has 0 radical (unpaired) electrons. The van der Waals surface area contributed by atoms with Gasteiger partial charge in [0, 0.05) is 6.42 Å². The average molecular weight is 496 g/mol. The molecule has 0 amide bonds. The van der Waals surface area contributed by atoms with E-state index in [-0.39, 0.29) is 29.6 Å². The van der Waals surface area contributed by atoms with E-state index < -0.39 is 40.8 Å². The van der Waals surface area contributed by atoms with Crippen molar-refractivity contribution in [3.63, 3.8) is 0 Å². The lowest BCUT2D eigenvalue weighted by Gasteiger charge is -2.42. The van der Waals surface area contributed by atoms with E-state index >= 15 is 0 Å². The number of nitrogens with zero attached hydrogens (tertiary/aromatic N) is 1. The topological polar surface area (TPSA) is 66.2 Å². The van der Waals surface area contributed by atoms with Crippen LogP contribution in [0.15, 0.2) is 29.2 Å². The second-order valence-corrected chi connectivity index (χ2v) is 18.0. The number of hydrogen-bond acceptors (Lipinski definition) is 5. The Morgan fingerprint density at radius 3 is 2.18 bits per heavy atom. The van der Waals surface area contributed by atoms with Crippen molar-refractivity contribution in [1.82, 2.24) is 0 Å². The van der Waals surface area contributed by atoms with Crippen molar-refractivity contribution < 1.29 is 22.3 Å². The fraction of sp³-hybridized carbons (Fsp3) is 0.720. The summed E-state index contributed by atoms with van der Waals surface area (Å²) in [7, 11) is -6.32. The molecular formula is C25H41NO5SSi. The molecule has 186 valence electrons. The molecule has 3 unspecified atom stereocenters. The van der Waals surface area contributed by atoms with Gasteiger partial charge in [-0.25, -0.2) is 15.0 Å². The van der Waals surface area contributed by atoms with Crippen molar-refractivity contribution in [3.8, 4) is 0 Å². The van der Waals surface area contributed by atoms with E-state index in [1.165, 1.54) is 0 Å². The van der Waals surface area contributed by atoms with Crippen LogP contribution >= 0.6 is 0 Å². The van der Waals surface area contributed by atoms with Crippen molar-refractivity contribution in [3.05, 3.63) is 41.2 Å². The minimum absolute atomic E-state index is 0.0692. The molecule has 6 nitrogen and oxygen atoms in total. The zero-order valence-corrected chi connectivity index (χ0v) is 23.5. The molecule has 0 spiro atoms. The first-order valence-corrected chi connectivity index (χ1v) is 16.1. The molecule has 0 N–H and O–H groups in total. The Labute approximate surface area is 201 Å². The van der Waals surface area contributed by atoms with Crippen LogP contribution in [0.4, 0.5) is 0 Å². The largest absolute Gasteiger partial charge is 0.411 e. The second kappa shape index (κ2) is 9.78. The molecule has 2 rings (SSSR count). The third kappa shape index (κ3) is 5.71. The predicted octanol–water partition coefficient (Wildman–Crippen LogP) is 5.97. The second-order valence-electron chi connectivity index (χ2n) is 11.1. The summed E-state index contributed by atoms with van der Waals surface area (Å²) in [6.07, 6.45) is 0.160. The number of ether oxygens (including phenoxy) is 2. The van der Waals surface area contributed by atoms with Crippen LogP contribution in [0.25, 0.3) is 4.85 Å². The van der Waals surface area contributed by atoms with Crippen molar-refractivity contribution in [1.29, 1.82) is 0 Å². The molecule has 33 heavy (non-hydrogen) atoms. The monoisotopic (exact) mass is 495 g/mol. The molecule has 1 saturated heterocycles. The van der Waals surface area contributed by atoms with Gasteiger partial charge in [-0.3, -0.25) is 4.85 Å². The minimum Gasteiger partial charge on any atom is -0.411 e. The van der Waals surface area contributed by atoms with Gasteiger partial charge < -0.3 is 13.9 Å². The van der Waals surface area contributed by atoms with Crippen molar-refractivity contribution in [2.75, 3.05) is 13.2 Å². The van der Waals surface area contributed by atoms with Crippen LogP contribution in [0.5, 0.6) is 0 Å². The number of rotatable bonds is 7. The molecule has 0 bridgehead atoms. The van der Waals surface area contributed by atoms with Crippen LogP contribution in [0, 0.1) is 19.4 Å². The Kier molecular flexibility index (Phi) is 8.30. The maximum atomic E-state index is 14.1. The van der Waals surface area contributed by atoms with E-state index in [9.17, 15) is 8.42 Å². The lowest BCUT2D eigenvalue weighted by Crippen LogP contribution is -2.55. The fourth-order valence-corrected chi connectivity index (χ4v) is 7.38. The SMILES string of the molecule is [C-]#[N+]C(CCC)(C1COC(C)(C)OCC1O[Si](C)(C)C(C)(C)C)S(=O)(=O)c1ccc(C)cc1. The summed E-state index contributed by atoms with van der Waals surface area (Å²) in [5.74, 6) is -1.59. The summed E-state index contributed by atoms with van der Waals surface area (Å²) >= 11 is 0. The van der Waals surface area contributed by atoms with E-state index in [0.717, 1.165) is 5.56 Å². The molecule has 1 aromatic carbocycles.